The summed E-state index contributed by atoms with van der Waals surface area (Å²) in [4.78, 5) is 36.1. The van der Waals surface area contributed by atoms with Crippen LogP contribution in [0.5, 0.6) is 0 Å². The summed E-state index contributed by atoms with van der Waals surface area (Å²) >= 11 is 0. The van der Waals surface area contributed by atoms with Gasteiger partial charge in [0.2, 0.25) is 0 Å². The first-order valence-electron chi connectivity index (χ1n) is 4.22. The Morgan fingerprint density at radius 1 is 1.24 bits per heavy atom. The topological polar surface area (TPSA) is 136 Å². The standard InChI is InChI=1S/C8H9NO3.H3O4P/c10-8(11)9-12-6-7-4-2-1-3-5-7;1-5(2,3)4/h1-5,9H,6H2,(H,10,11);(H3,1,2,3,4). The fourth-order valence-electron chi connectivity index (χ4n) is 0.755. The van der Waals surface area contributed by atoms with Gasteiger partial charge in [-0.15, -0.1) is 0 Å². The van der Waals surface area contributed by atoms with Crippen LogP contribution in [0.1, 0.15) is 5.56 Å². The zero-order chi connectivity index (χ0) is 13.3. The lowest BCUT2D eigenvalue weighted by molar-refractivity contribution is 0.0315. The zero-order valence-corrected chi connectivity index (χ0v) is 9.45. The Morgan fingerprint density at radius 2 is 1.71 bits per heavy atom. The Kier molecular flexibility index (Phi) is 7.11. The fourth-order valence-corrected chi connectivity index (χ4v) is 0.755. The van der Waals surface area contributed by atoms with E-state index in [0.717, 1.165) is 5.56 Å². The number of hydrogen-bond acceptors (Lipinski definition) is 3. The number of amides is 1. The first-order chi connectivity index (χ1) is 7.79. The second-order valence-corrected chi connectivity index (χ2v) is 3.72. The van der Waals surface area contributed by atoms with E-state index in [-0.39, 0.29) is 6.61 Å². The number of carbonyl (C=O) groups is 1. The quantitative estimate of drug-likeness (QED) is 0.395. The van der Waals surface area contributed by atoms with Gasteiger partial charge in [-0.1, -0.05) is 30.3 Å². The van der Waals surface area contributed by atoms with Crippen LogP contribution in [0.15, 0.2) is 30.3 Å². The summed E-state index contributed by atoms with van der Waals surface area (Å²) in [5.74, 6) is 0. The molecule has 0 radical (unpaired) electrons. The van der Waals surface area contributed by atoms with Crippen molar-refractivity contribution in [2.75, 3.05) is 0 Å². The molecule has 0 unspecified atom stereocenters. The maximum atomic E-state index is 9.95. The Labute approximate surface area is 96.7 Å². The van der Waals surface area contributed by atoms with Crippen LogP contribution in [0.2, 0.25) is 0 Å². The van der Waals surface area contributed by atoms with Crippen LogP contribution in [0.3, 0.4) is 0 Å². The Morgan fingerprint density at radius 3 is 2.12 bits per heavy atom. The second-order valence-electron chi connectivity index (χ2n) is 2.69. The summed E-state index contributed by atoms with van der Waals surface area (Å²) in [6.07, 6.45) is -1.19. The van der Waals surface area contributed by atoms with Crippen molar-refractivity contribution in [1.82, 2.24) is 5.48 Å². The van der Waals surface area contributed by atoms with E-state index in [0.29, 0.717) is 0 Å². The Bertz CT molecular complexity index is 368. The summed E-state index contributed by atoms with van der Waals surface area (Å²) in [5.41, 5.74) is 2.73. The molecule has 0 aliphatic carbocycles. The summed E-state index contributed by atoms with van der Waals surface area (Å²) in [5, 5.41) is 8.16. The minimum Gasteiger partial charge on any atom is -0.464 e. The molecule has 0 aliphatic rings. The van der Waals surface area contributed by atoms with Crippen LogP contribution in [-0.2, 0) is 16.0 Å². The largest absolute Gasteiger partial charge is 0.466 e. The number of hydroxylamine groups is 1. The summed E-state index contributed by atoms with van der Waals surface area (Å²) in [6, 6.07) is 9.31. The van der Waals surface area contributed by atoms with E-state index >= 15 is 0 Å². The average Bonchev–Trinajstić information content (AvgIpc) is 2.16. The van der Waals surface area contributed by atoms with Gasteiger partial charge in [-0.05, 0) is 5.56 Å². The van der Waals surface area contributed by atoms with E-state index in [1.54, 1.807) is 0 Å². The molecular formula is C8H12NO7P. The Hall–Kier alpha value is -1.44. The van der Waals surface area contributed by atoms with Crippen molar-refractivity contribution >= 4 is 13.9 Å². The molecule has 5 N–H and O–H groups in total. The van der Waals surface area contributed by atoms with E-state index in [4.69, 9.17) is 24.4 Å². The maximum absolute atomic E-state index is 9.95. The van der Waals surface area contributed by atoms with Gasteiger partial charge in [0, 0.05) is 0 Å². The van der Waals surface area contributed by atoms with Gasteiger partial charge >= 0.3 is 13.9 Å². The molecule has 0 saturated heterocycles. The summed E-state index contributed by atoms with van der Waals surface area (Å²) < 4.78 is 8.88. The number of hydrogen-bond donors (Lipinski definition) is 5. The molecule has 1 rings (SSSR count). The van der Waals surface area contributed by atoms with Gasteiger partial charge in [0.1, 0.15) is 0 Å². The van der Waals surface area contributed by atoms with Crippen LogP contribution in [0.25, 0.3) is 0 Å². The van der Waals surface area contributed by atoms with E-state index in [9.17, 15) is 4.79 Å². The molecule has 0 aromatic heterocycles. The van der Waals surface area contributed by atoms with Gasteiger partial charge in [0.15, 0.2) is 0 Å². The number of rotatable bonds is 3. The van der Waals surface area contributed by atoms with Gasteiger partial charge in [-0.3, -0.25) is 4.84 Å². The molecule has 8 nitrogen and oxygen atoms in total. The molecule has 1 amide bonds. The minimum absolute atomic E-state index is 0.243. The smallest absolute Gasteiger partial charge is 0.464 e. The molecule has 1 aromatic rings. The second kappa shape index (κ2) is 7.77. The van der Waals surface area contributed by atoms with E-state index < -0.39 is 13.9 Å². The molecule has 0 atom stereocenters. The molecule has 9 heteroatoms. The number of phosphoric acid groups is 1. The van der Waals surface area contributed by atoms with Crippen LogP contribution >= 0.6 is 7.82 Å². The molecular weight excluding hydrogens is 253 g/mol. The predicted molar refractivity (Wildman–Crippen MR) is 56.7 cm³/mol. The lowest BCUT2D eigenvalue weighted by atomic mass is 10.2. The first-order valence-corrected chi connectivity index (χ1v) is 5.78. The lowest BCUT2D eigenvalue weighted by Crippen LogP contribution is -2.20. The highest BCUT2D eigenvalue weighted by Crippen LogP contribution is 2.25. The molecule has 0 heterocycles. The third kappa shape index (κ3) is 14.6. The highest BCUT2D eigenvalue weighted by molar-refractivity contribution is 7.45. The lowest BCUT2D eigenvalue weighted by Gasteiger charge is -2.01. The summed E-state index contributed by atoms with van der Waals surface area (Å²) in [7, 11) is -4.64. The van der Waals surface area contributed by atoms with Gasteiger partial charge in [-0.2, -0.15) is 5.48 Å². The number of carboxylic acid groups (broad SMARTS) is 1. The molecule has 0 bridgehead atoms. The molecule has 1 aromatic carbocycles. The monoisotopic (exact) mass is 265 g/mol. The third-order valence-corrected chi connectivity index (χ3v) is 1.24. The predicted octanol–water partition coefficient (Wildman–Crippen LogP) is 0.457. The minimum atomic E-state index is -4.64. The zero-order valence-electron chi connectivity index (χ0n) is 8.55. The summed E-state index contributed by atoms with van der Waals surface area (Å²) in [6.45, 7) is 0.243. The van der Waals surface area contributed by atoms with Crippen molar-refractivity contribution in [3.05, 3.63) is 35.9 Å². The van der Waals surface area contributed by atoms with Crippen LogP contribution in [0, 0.1) is 0 Å². The van der Waals surface area contributed by atoms with Gasteiger partial charge < -0.3 is 19.8 Å². The van der Waals surface area contributed by atoms with Crippen molar-refractivity contribution in [3.8, 4) is 0 Å². The molecule has 96 valence electrons. The van der Waals surface area contributed by atoms with E-state index in [1.165, 1.54) is 0 Å². The molecule has 0 aliphatic heterocycles. The molecule has 0 fully saturated rings. The normalized spacial score (nSPS) is 10.1. The SMILES string of the molecule is O=C(O)NOCc1ccccc1.O=P(O)(O)O. The first kappa shape index (κ1) is 15.6. The fraction of sp³-hybridized carbons (Fsp3) is 0.125. The van der Waals surface area contributed by atoms with Crippen molar-refractivity contribution in [2.24, 2.45) is 0 Å². The van der Waals surface area contributed by atoms with Crippen molar-refractivity contribution < 1.29 is 34.0 Å². The van der Waals surface area contributed by atoms with Crippen molar-refractivity contribution in [3.63, 3.8) is 0 Å². The number of nitrogens with one attached hydrogen (secondary N) is 1. The Balaban J connectivity index is 0.000000437. The van der Waals surface area contributed by atoms with Crippen molar-refractivity contribution in [1.29, 1.82) is 0 Å². The molecule has 0 saturated carbocycles. The van der Waals surface area contributed by atoms with Crippen LogP contribution in [-0.4, -0.2) is 25.9 Å². The van der Waals surface area contributed by atoms with Gasteiger partial charge in [-0.25, -0.2) is 9.36 Å². The van der Waals surface area contributed by atoms with Crippen molar-refractivity contribution in [2.45, 2.75) is 6.61 Å². The van der Waals surface area contributed by atoms with E-state index in [1.807, 2.05) is 35.8 Å². The molecule has 17 heavy (non-hydrogen) atoms. The van der Waals surface area contributed by atoms with Gasteiger partial charge in [0.25, 0.3) is 0 Å². The molecule has 0 spiro atoms. The van der Waals surface area contributed by atoms with Gasteiger partial charge in [0.05, 0.1) is 6.61 Å². The van der Waals surface area contributed by atoms with Crippen LogP contribution in [0.4, 0.5) is 4.79 Å². The third-order valence-electron chi connectivity index (χ3n) is 1.24. The average molecular weight is 265 g/mol. The highest BCUT2D eigenvalue weighted by Gasteiger charge is 2.00. The maximum Gasteiger partial charge on any atom is 0.466 e. The number of benzene rings is 1. The van der Waals surface area contributed by atoms with Crippen LogP contribution < -0.4 is 5.48 Å². The highest BCUT2D eigenvalue weighted by atomic mass is 31.2. The van der Waals surface area contributed by atoms with E-state index in [2.05, 4.69) is 4.84 Å².